The van der Waals surface area contributed by atoms with E-state index in [1.54, 1.807) is 19.1 Å². The van der Waals surface area contributed by atoms with Gasteiger partial charge in [0.1, 0.15) is 5.82 Å². The molecule has 1 heterocycles. The van der Waals surface area contributed by atoms with Gasteiger partial charge < -0.3 is 5.32 Å². The maximum Gasteiger partial charge on any atom is 0.224 e. The highest BCUT2D eigenvalue weighted by Gasteiger charge is 2.29. The van der Waals surface area contributed by atoms with Crippen molar-refractivity contribution in [3.63, 3.8) is 0 Å². The van der Waals surface area contributed by atoms with Gasteiger partial charge in [-0.25, -0.2) is 12.8 Å². The summed E-state index contributed by atoms with van der Waals surface area (Å²) in [6.07, 6.45) is 0.687. The summed E-state index contributed by atoms with van der Waals surface area (Å²) in [7, 11) is -2.97. The third-order valence-electron chi connectivity index (χ3n) is 3.26. The first kappa shape index (κ1) is 14.0. The number of aryl methyl sites for hydroxylation is 1. The molecular weight excluding hydrogens is 269 g/mol. The van der Waals surface area contributed by atoms with E-state index in [0.717, 1.165) is 0 Å². The Kier molecular flexibility index (Phi) is 3.89. The summed E-state index contributed by atoms with van der Waals surface area (Å²) >= 11 is 0. The average Bonchev–Trinajstić information content (AvgIpc) is 2.63. The summed E-state index contributed by atoms with van der Waals surface area (Å²) in [5.41, 5.74) is 0.911. The normalized spacial score (nSPS) is 21.3. The largest absolute Gasteiger partial charge is 0.326 e. The van der Waals surface area contributed by atoms with Gasteiger partial charge in [0.05, 0.1) is 11.5 Å². The van der Waals surface area contributed by atoms with Crippen LogP contribution in [0.2, 0.25) is 0 Å². The van der Waals surface area contributed by atoms with Crippen LogP contribution < -0.4 is 5.32 Å². The van der Waals surface area contributed by atoms with Crippen molar-refractivity contribution in [3.8, 4) is 0 Å². The molecule has 104 valence electrons. The second kappa shape index (κ2) is 5.28. The number of benzene rings is 1. The predicted octanol–water partition coefficient (Wildman–Crippen LogP) is 1.90. The molecule has 1 amide bonds. The van der Waals surface area contributed by atoms with E-state index in [1.807, 2.05) is 0 Å². The van der Waals surface area contributed by atoms with Crippen molar-refractivity contribution in [1.82, 2.24) is 0 Å². The molecule has 1 aliphatic rings. The van der Waals surface area contributed by atoms with E-state index in [9.17, 15) is 17.6 Å². The summed E-state index contributed by atoms with van der Waals surface area (Å²) in [5, 5.41) is 2.59. The van der Waals surface area contributed by atoms with E-state index in [4.69, 9.17) is 0 Å². The Labute approximate surface area is 111 Å². The van der Waals surface area contributed by atoms with Gasteiger partial charge in [0.2, 0.25) is 5.91 Å². The van der Waals surface area contributed by atoms with Crippen molar-refractivity contribution in [1.29, 1.82) is 0 Å². The Hall–Kier alpha value is -1.43. The molecule has 0 radical (unpaired) electrons. The molecule has 1 atom stereocenters. The van der Waals surface area contributed by atoms with Gasteiger partial charge in [-0.05, 0) is 37.0 Å². The van der Waals surface area contributed by atoms with E-state index < -0.39 is 9.84 Å². The molecule has 1 aromatic rings. The zero-order chi connectivity index (χ0) is 14.0. The molecule has 6 heteroatoms. The van der Waals surface area contributed by atoms with Crippen LogP contribution in [0.3, 0.4) is 0 Å². The van der Waals surface area contributed by atoms with Gasteiger partial charge in [-0.3, -0.25) is 4.79 Å². The minimum absolute atomic E-state index is 0.0721. The van der Waals surface area contributed by atoms with Crippen LogP contribution in [-0.4, -0.2) is 25.8 Å². The van der Waals surface area contributed by atoms with Gasteiger partial charge in [-0.1, -0.05) is 6.07 Å². The van der Waals surface area contributed by atoms with E-state index in [-0.39, 0.29) is 35.6 Å². The number of carbonyl (C=O) groups excluding carboxylic acids is 1. The summed E-state index contributed by atoms with van der Waals surface area (Å²) < 4.78 is 35.9. The van der Waals surface area contributed by atoms with Crippen molar-refractivity contribution in [2.45, 2.75) is 19.8 Å². The lowest BCUT2D eigenvalue weighted by Gasteiger charge is -2.09. The Morgan fingerprint density at radius 1 is 1.47 bits per heavy atom. The van der Waals surface area contributed by atoms with Crippen LogP contribution >= 0.6 is 0 Å². The molecule has 0 aromatic heterocycles. The Balaban J connectivity index is 1.93. The van der Waals surface area contributed by atoms with Crippen LogP contribution in [0.1, 0.15) is 18.4 Å². The number of rotatable bonds is 3. The number of amides is 1. The summed E-state index contributed by atoms with van der Waals surface area (Å²) in [4.78, 5) is 11.7. The topological polar surface area (TPSA) is 63.2 Å². The molecule has 0 saturated carbocycles. The fourth-order valence-electron chi connectivity index (χ4n) is 2.18. The van der Waals surface area contributed by atoms with Crippen LogP contribution in [0.15, 0.2) is 18.2 Å². The minimum atomic E-state index is -2.97. The SMILES string of the molecule is Cc1ccc(NC(=O)CC2CCS(=O)(=O)C2)cc1F. The maximum absolute atomic E-state index is 13.3. The number of hydrogen-bond donors (Lipinski definition) is 1. The second-order valence-electron chi connectivity index (χ2n) is 4.99. The number of halogens is 1. The van der Waals surface area contributed by atoms with Gasteiger partial charge >= 0.3 is 0 Å². The monoisotopic (exact) mass is 285 g/mol. The molecule has 4 nitrogen and oxygen atoms in total. The highest BCUT2D eigenvalue weighted by Crippen LogP contribution is 2.22. The quantitative estimate of drug-likeness (QED) is 0.922. The molecule has 19 heavy (non-hydrogen) atoms. The number of sulfone groups is 1. The zero-order valence-corrected chi connectivity index (χ0v) is 11.5. The first-order valence-electron chi connectivity index (χ1n) is 6.12. The molecule has 1 fully saturated rings. The maximum atomic E-state index is 13.3. The molecule has 1 unspecified atom stereocenters. The van der Waals surface area contributed by atoms with Gasteiger partial charge in [-0.2, -0.15) is 0 Å². The Bertz CT molecular complexity index is 598. The third kappa shape index (κ3) is 3.76. The number of carbonyl (C=O) groups is 1. The molecule has 2 rings (SSSR count). The lowest BCUT2D eigenvalue weighted by Crippen LogP contribution is -2.17. The van der Waals surface area contributed by atoms with Crippen LogP contribution in [-0.2, 0) is 14.6 Å². The van der Waals surface area contributed by atoms with E-state index in [1.165, 1.54) is 6.07 Å². The fourth-order valence-corrected chi connectivity index (χ4v) is 4.04. The van der Waals surface area contributed by atoms with Crippen molar-refractivity contribution in [3.05, 3.63) is 29.6 Å². The number of anilines is 1. The number of nitrogens with one attached hydrogen (secondary N) is 1. The van der Waals surface area contributed by atoms with Crippen molar-refractivity contribution >= 4 is 21.4 Å². The second-order valence-corrected chi connectivity index (χ2v) is 7.21. The molecule has 1 aliphatic heterocycles. The molecule has 1 N–H and O–H groups in total. The highest BCUT2D eigenvalue weighted by molar-refractivity contribution is 7.91. The van der Waals surface area contributed by atoms with Crippen LogP contribution in [0.25, 0.3) is 0 Å². The van der Waals surface area contributed by atoms with E-state index in [2.05, 4.69) is 5.32 Å². The van der Waals surface area contributed by atoms with E-state index in [0.29, 0.717) is 17.7 Å². The first-order chi connectivity index (χ1) is 8.85. The zero-order valence-electron chi connectivity index (χ0n) is 10.6. The predicted molar refractivity (Wildman–Crippen MR) is 71.1 cm³/mol. The molecule has 1 aromatic carbocycles. The van der Waals surface area contributed by atoms with Gasteiger partial charge in [0.25, 0.3) is 0 Å². The fraction of sp³-hybridized carbons (Fsp3) is 0.462. The molecule has 0 spiro atoms. The van der Waals surface area contributed by atoms with E-state index >= 15 is 0 Å². The van der Waals surface area contributed by atoms with Crippen LogP contribution in [0.5, 0.6) is 0 Å². The molecule has 0 aliphatic carbocycles. The van der Waals surface area contributed by atoms with Crippen molar-refractivity contribution < 1.29 is 17.6 Å². The van der Waals surface area contributed by atoms with Crippen molar-refractivity contribution in [2.75, 3.05) is 16.8 Å². The van der Waals surface area contributed by atoms with Gasteiger partial charge in [0.15, 0.2) is 9.84 Å². The highest BCUT2D eigenvalue weighted by atomic mass is 32.2. The summed E-state index contributed by atoms with van der Waals surface area (Å²) in [6.45, 7) is 1.64. The minimum Gasteiger partial charge on any atom is -0.326 e. The lowest BCUT2D eigenvalue weighted by atomic mass is 10.0. The lowest BCUT2D eigenvalue weighted by molar-refractivity contribution is -0.116. The van der Waals surface area contributed by atoms with Gasteiger partial charge in [-0.15, -0.1) is 0 Å². The van der Waals surface area contributed by atoms with Crippen LogP contribution in [0.4, 0.5) is 10.1 Å². The smallest absolute Gasteiger partial charge is 0.224 e. The molecule has 0 bridgehead atoms. The van der Waals surface area contributed by atoms with Gasteiger partial charge in [0, 0.05) is 12.1 Å². The Morgan fingerprint density at radius 3 is 2.79 bits per heavy atom. The standard InChI is InChI=1S/C13H16FNO3S/c1-9-2-3-11(7-12(9)14)15-13(16)6-10-4-5-19(17,18)8-10/h2-3,7,10H,4-6,8H2,1H3,(H,15,16). The molecule has 1 saturated heterocycles. The van der Waals surface area contributed by atoms with Crippen molar-refractivity contribution in [2.24, 2.45) is 5.92 Å². The van der Waals surface area contributed by atoms with Crippen LogP contribution in [0, 0.1) is 18.7 Å². The number of hydrogen-bond acceptors (Lipinski definition) is 3. The molecular formula is C13H16FNO3S. The average molecular weight is 285 g/mol. The summed E-state index contributed by atoms with van der Waals surface area (Å²) in [6, 6.07) is 4.48. The summed E-state index contributed by atoms with van der Waals surface area (Å²) in [5.74, 6) is -0.542. The third-order valence-corrected chi connectivity index (χ3v) is 5.09. The first-order valence-corrected chi connectivity index (χ1v) is 7.94. The Morgan fingerprint density at radius 2 is 2.21 bits per heavy atom.